The van der Waals surface area contributed by atoms with Crippen LogP contribution in [0.25, 0.3) is 0 Å². The fourth-order valence-electron chi connectivity index (χ4n) is 5.61. The molecule has 5 rings (SSSR count). The summed E-state index contributed by atoms with van der Waals surface area (Å²) in [7, 11) is 0. The lowest BCUT2D eigenvalue weighted by atomic mass is 9.76. The Morgan fingerprint density at radius 2 is 1.90 bits per heavy atom. The molecule has 1 N–H and O–H groups in total. The summed E-state index contributed by atoms with van der Waals surface area (Å²) in [6, 6.07) is 18.4. The van der Waals surface area contributed by atoms with Crippen LogP contribution < -0.4 is 5.43 Å². The van der Waals surface area contributed by atoms with E-state index in [4.69, 9.17) is 0 Å². The van der Waals surface area contributed by atoms with E-state index in [1.165, 1.54) is 11.1 Å². The Bertz CT molecular complexity index is 942. The maximum absolute atomic E-state index is 14.0. The van der Waals surface area contributed by atoms with Crippen molar-refractivity contribution in [2.24, 2.45) is 5.92 Å². The molecule has 0 bridgehead atoms. The first-order valence-corrected chi connectivity index (χ1v) is 11.0. The standard InChI is InChI=1S/C25H28FN3O/c26-15-23(19-7-2-1-3-8-19)27-29-21(17-30)11-10-20-16-28-13-12-18-6-4-5-9-22(18)25(28)14-24(20)29/h1-9,20,23-25,27H,10-16H2/t20-,23+,24+,25-/m1/s1. The molecule has 30 heavy (non-hydrogen) atoms. The van der Waals surface area contributed by atoms with Crippen LogP contribution >= 0.6 is 0 Å². The van der Waals surface area contributed by atoms with Crippen LogP contribution in [-0.4, -0.2) is 41.7 Å². The second-order valence-electron chi connectivity index (χ2n) is 8.73. The van der Waals surface area contributed by atoms with Gasteiger partial charge in [-0.1, -0.05) is 54.6 Å². The third-order valence-corrected chi connectivity index (χ3v) is 7.14. The van der Waals surface area contributed by atoms with Crippen LogP contribution in [0, 0.1) is 5.92 Å². The van der Waals surface area contributed by atoms with E-state index < -0.39 is 12.7 Å². The average molecular weight is 406 g/mol. The lowest BCUT2D eigenvalue weighted by Gasteiger charge is -2.53. The van der Waals surface area contributed by atoms with Gasteiger partial charge in [0.15, 0.2) is 0 Å². The molecule has 4 atom stereocenters. The van der Waals surface area contributed by atoms with Crippen LogP contribution in [0.5, 0.6) is 0 Å². The summed E-state index contributed by atoms with van der Waals surface area (Å²) in [5.41, 5.74) is 7.75. The van der Waals surface area contributed by atoms with Crippen molar-refractivity contribution in [1.29, 1.82) is 0 Å². The number of allylic oxidation sites excluding steroid dienone is 1. The maximum Gasteiger partial charge on any atom is 0.147 e. The third kappa shape index (κ3) is 3.47. The molecule has 0 unspecified atom stereocenters. The van der Waals surface area contributed by atoms with E-state index in [1.54, 1.807) is 0 Å². The summed E-state index contributed by atoms with van der Waals surface area (Å²) < 4.78 is 14.0. The highest BCUT2D eigenvalue weighted by molar-refractivity contribution is 5.52. The molecule has 2 fully saturated rings. The van der Waals surface area contributed by atoms with E-state index >= 15 is 0 Å². The van der Waals surface area contributed by atoms with E-state index in [-0.39, 0.29) is 6.04 Å². The SMILES string of the molecule is O=C=C1CC[C@@H]2CN3CCc4ccccc4[C@H]3C[C@@H]2N1N[C@@H](CF)c1ccccc1. The molecule has 0 radical (unpaired) electrons. The number of alkyl halides is 1. The van der Waals surface area contributed by atoms with Crippen molar-refractivity contribution in [3.05, 3.63) is 77.0 Å². The van der Waals surface area contributed by atoms with Gasteiger partial charge >= 0.3 is 0 Å². The fraction of sp³-hybridized carbons (Fsp3) is 0.440. The minimum atomic E-state index is -0.525. The molecule has 2 saturated heterocycles. The lowest BCUT2D eigenvalue weighted by Crippen LogP contribution is -2.59. The number of halogens is 1. The van der Waals surface area contributed by atoms with Crippen molar-refractivity contribution in [2.75, 3.05) is 19.8 Å². The molecular formula is C25H28FN3O. The molecule has 0 amide bonds. The molecule has 2 aromatic rings. The van der Waals surface area contributed by atoms with Crippen molar-refractivity contribution in [3.8, 4) is 0 Å². The Morgan fingerprint density at radius 1 is 1.10 bits per heavy atom. The number of carbonyl (C=O) groups excluding carboxylic acids is 1. The first kappa shape index (κ1) is 19.5. The van der Waals surface area contributed by atoms with E-state index in [0.717, 1.165) is 37.9 Å². The number of benzene rings is 2. The Kier molecular flexibility index (Phi) is 5.43. The van der Waals surface area contributed by atoms with Crippen molar-refractivity contribution in [1.82, 2.24) is 15.3 Å². The summed E-state index contributed by atoms with van der Waals surface area (Å²) in [5, 5.41) is 1.98. The largest absolute Gasteiger partial charge is 0.298 e. The predicted molar refractivity (Wildman–Crippen MR) is 115 cm³/mol. The Labute approximate surface area is 177 Å². The highest BCUT2D eigenvalue weighted by Crippen LogP contribution is 2.44. The van der Waals surface area contributed by atoms with Gasteiger partial charge in [0, 0.05) is 19.1 Å². The zero-order valence-electron chi connectivity index (χ0n) is 17.1. The number of hydrazine groups is 1. The van der Waals surface area contributed by atoms with Gasteiger partial charge in [-0.25, -0.2) is 14.6 Å². The monoisotopic (exact) mass is 405 g/mol. The van der Waals surface area contributed by atoms with Crippen LogP contribution in [0.15, 0.2) is 60.3 Å². The van der Waals surface area contributed by atoms with Gasteiger partial charge in [-0.05, 0) is 48.3 Å². The maximum atomic E-state index is 14.0. The van der Waals surface area contributed by atoms with Gasteiger partial charge in [-0.3, -0.25) is 9.91 Å². The second kappa shape index (κ2) is 8.35. The Balaban J connectivity index is 1.44. The minimum absolute atomic E-state index is 0.167. The molecule has 0 saturated carbocycles. The third-order valence-electron chi connectivity index (χ3n) is 7.14. The molecular weight excluding hydrogens is 377 g/mol. The molecule has 3 aliphatic rings. The summed E-state index contributed by atoms with van der Waals surface area (Å²) in [5.74, 6) is 2.62. The summed E-state index contributed by atoms with van der Waals surface area (Å²) in [6.07, 6.45) is 3.72. The van der Waals surface area contributed by atoms with Crippen molar-refractivity contribution in [2.45, 2.75) is 43.8 Å². The summed E-state index contributed by atoms with van der Waals surface area (Å²) in [4.78, 5) is 14.4. The Hall–Kier alpha value is -2.46. The summed E-state index contributed by atoms with van der Waals surface area (Å²) >= 11 is 0. The molecule has 3 aliphatic heterocycles. The van der Waals surface area contributed by atoms with Gasteiger partial charge in [0.05, 0.1) is 12.1 Å². The average Bonchev–Trinajstić information content (AvgIpc) is 2.81. The van der Waals surface area contributed by atoms with Crippen LogP contribution in [0.2, 0.25) is 0 Å². The number of fused-ring (bicyclic) bond motifs is 4. The fourth-order valence-corrected chi connectivity index (χ4v) is 5.61. The molecule has 3 heterocycles. The van der Waals surface area contributed by atoms with Crippen molar-refractivity contribution >= 4 is 5.94 Å². The highest BCUT2D eigenvalue weighted by Gasteiger charge is 2.44. The van der Waals surface area contributed by atoms with E-state index in [2.05, 4.69) is 40.5 Å². The zero-order chi connectivity index (χ0) is 20.5. The van der Waals surface area contributed by atoms with Crippen LogP contribution in [0.1, 0.15) is 48.0 Å². The van der Waals surface area contributed by atoms with Crippen molar-refractivity contribution in [3.63, 3.8) is 0 Å². The number of hydrogen-bond acceptors (Lipinski definition) is 4. The van der Waals surface area contributed by atoms with Crippen LogP contribution in [-0.2, 0) is 11.2 Å². The minimum Gasteiger partial charge on any atom is -0.298 e. The van der Waals surface area contributed by atoms with E-state index in [1.807, 2.05) is 35.3 Å². The van der Waals surface area contributed by atoms with Gasteiger partial charge in [-0.15, -0.1) is 0 Å². The zero-order valence-corrected chi connectivity index (χ0v) is 17.1. The molecule has 0 aromatic heterocycles. The van der Waals surface area contributed by atoms with Gasteiger partial charge in [0.1, 0.15) is 18.3 Å². The Morgan fingerprint density at radius 3 is 2.70 bits per heavy atom. The molecule has 156 valence electrons. The summed E-state index contributed by atoms with van der Waals surface area (Å²) in [6.45, 7) is 1.59. The molecule has 0 spiro atoms. The smallest absolute Gasteiger partial charge is 0.147 e. The highest BCUT2D eigenvalue weighted by atomic mass is 19.1. The topological polar surface area (TPSA) is 35.6 Å². The lowest BCUT2D eigenvalue weighted by molar-refractivity contribution is -0.0214. The van der Waals surface area contributed by atoms with Crippen LogP contribution in [0.3, 0.4) is 0 Å². The first-order chi connectivity index (χ1) is 14.8. The second-order valence-corrected chi connectivity index (χ2v) is 8.73. The van der Waals surface area contributed by atoms with Gasteiger partial charge < -0.3 is 0 Å². The van der Waals surface area contributed by atoms with Crippen LogP contribution in [0.4, 0.5) is 4.39 Å². The number of hydrogen-bond donors (Lipinski definition) is 1. The molecule has 2 aromatic carbocycles. The number of nitrogens with one attached hydrogen (secondary N) is 1. The van der Waals surface area contributed by atoms with E-state index in [0.29, 0.717) is 24.1 Å². The van der Waals surface area contributed by atoms with Gasteiger partial charge in [0.25, 0.3) is 0 Å². The number of piperidine rings is 2. The number of rotatable bonds is 4. The van der Waals surface area contributed by atoms with Crippen molar-refractivity contribution < 1.29 is 9.18 Å². The molecule has 0 aliphatic carbocycles. The predicted octanol–water partition coefficient (Wildman–Crippen LogP) is 4.00. The quantitative estimate of drug-likeness (QED) is 0.780. The first-order valence-electron chi connectivity index (χ1n) is 11.0. The van der Waals surface area contributed by atoms with E-state index in [9.17, 15) is 9.18 Å². The number of nitrogens with zero attached hydrogens (tertiary/aromatic N) is 2. The van der Waals surface area contributed by atoms with Gasteiger partial charge in [0.2, 0.25) is 0 Å². The molecule has 4 nitrogen and oxygen atoms in total. The molecule has 5 heteroatoms. The normalized spacial score (nSPS) is 26.9. The van der Waals surface area contributed by atoms with Gasteiger partial charge in [-0.2, -0.15) is 0 Å².